The number of nitrogens with two attached hydrogens (primary N) is 1. The molecule has 0 fully saturated rings. The fourth-order valence-electron chi connectivity index (χ4n) is 2.76. The molecular formula is C18H21NO2. The molecule has 1 aliphatic heterocycles. The van der Waals surface area contributed by atoms with Crippen molar-refractivity contribution in [2.45, 2.75) is 32.9 Å². The molecule has 0 radical (unpaired) electrons. The Morgan fingerprint density at radius 2 is 2.05 bits per heavy atom. The monoisotopic (exact) mass is 283 g/mol. The van der Waals surface area contributed by atoms with Gasteiger partial charge in [0.1, 0.15) is 11.5 Å². The second-order valence-corrected chi connectivity index (χ2v) is 5.59. The van der Waals surface area contributed by atoms with Gasteiger partial charge in [-0.15, -0.1) is 0 Å². The maximum atomic E-state index is 5.93. The first-order chi connectivity index (χ1) is 10.2. The fraction of sp³-hybridized carbons (Fsp3) is 0.333. The van der Waals surface area contributed by atoms with Gasteiger partial charge in [0.15, 0.2) is 0 Å². The van der Waals surface area contributed by atoms with E-state index in [1.165, 1.54) is 5.56 Å². The Hall–Kier alpha value is -2.00. The lowest BCUT2D eigenvalue weighted by molar-refractivity contribution is 0.243. The van der Waals surface area contributed by atoms with Gasteiger partial charge in [0.2, 0.25) is 0 Å². The Labute approximate surface area is 125 Å². The van der Waals surface area contributed by atoms with E-state index in [0.29, 0.717) is 6.54 Å². The van der Waals surface area contributed by atoms with Crippen LogP contribution in [0.5, 0.6) is 11.5 Å². The molecule has 3 nitrogen and oxygen atoms in total. The van der Waals surface area contributed by atoms with Crippen LogP contribution in [-0.4, -0.2) is 12.7 Å². The highest BCUT2D eigenvalue weighted by Crippen LogP contribution is 2.37. The number of rotatable bonds is 4. The van der Waals surface area contributed by atoms with Crippen molar-refractivity contribution in [3.63, 3.8) is 0 Å². The molecule has 2 N–H and O–H groups in total. The summed E-state index contributed by atoms with van der Waals surface area (Å²) in [5, 5.41) is 0. The van der Waals surface area contributed by atoms with E-state index < -0.39 is 0 Å². The molecule has 0 atom stereocenters. The molecule has 0 unspecified atom stereocenters. The minimum Gasteiger partial charge on any atom is -0.493 e. The Kier molecular flexibility index (Phi) is 3.84. The molecule has 21 heavy (non-hydrogen) atoms. The molecule has 1 heterocycles. The normalized spacial score (nSPS) is 13.1. The van der Waals surface area contributed by atoms with Gasteiger partial charge in [-0.2, -0.15) is 0 Å². The highest BCUT2D eigenvalue weighted by molar-refractivity contribution is 5.73. The Morgan fingerprint density at radius 1 is 1.24 bits per heavy atom. The first-order valence-corrected chi connectivity index (χ1v) is 7.43. The van der Waals surface area contributed by atoms with Crippen molar-refractivity contribution in [3.8, 4) is 22.6 Å². The van der Waals surface area contributed by atoms with Crippen LogP contribution in [-0.2, 0) is 13.0 Å². The highest BCUT2D eigenvalue weighted by Gasteiger charge is 2.18. The summed E-state index contributed by atoms with van der Waals surface area (Å²) < 4.78 is 11.6. The summed E-state index contributed by atoms with van der Waals surface area (Å²) in [5.74, 6) is 1.89. The average Bonchev–Trinajstić information content (AvgIpc) is 2.94. The van der Waals surface area contributed by atoms with Gasteiger partial charge in [0.25, 0.3) is 0 Å². The second kappa shape index (κ2) is 5.78. The largest absolute Gasteiger partial charge is 0.493 e. The van der Waals surface area contributed by atoms with Crippen molar-refractivity contribution in [3.05, 3.63) is 47.5 Å². The lowest BCUT2D eigenvalue weighted by atomic mass is 9.97. The first kappa shape index (κ1) is 14.0. The highest BCUT2D eigenvalue weighted by atomic mass is 16.5. The second-order valence-electron chi connectivity index (χ2n) is 5.59. The third-order valence-corrected chi connectivity index (χ3v) is 3.64. The van der Waals surface area contributed by atoms with Crippen molar-refractivity contribution < 1.29 is 9.47 Å². The van der Waals surface area contributed by atoms with E-state index >= 15 is 0 Å². The zero-order chi connectivity index (χ0) is 14.8. The minimum atomic E-state index is 0.151. The number of para-hydroxylation sites is 1. The summed E-state index contributed by atoms with van der Waals surface area (Å²) in [6, 6.07) is 12.5. The van der Waals surface area contributed by atoms with Crippen LogP contribution in [0.4, 0.5) is 0 Å². The van der Waals surface area contributed by atoms with Crippen molar-refractivity contribution >= 4 is 0 Å². The lowest BCUT2D eigenvalue weighted by Gasteiger charge is -2.16. The number of hydrogen-bond donors (Lipinski definition) is 1. The van der Waals surface area contributed by atoms with E-state index in [-0.39, 0.29) is 6.10 Å². The van der Waals surface area contributed by atoms with E-state index in [4.69, 9.17) is 15.2 Å². The summed E-state index contributed by atoms with van der Waals surface area (Å²) in [6.45, 7) is 5.32. The molecule has 0 aliphatic carbocycles. The van der Waals surface area contributed by atoms with E-state index in [1.54, 1.807) is 0 Å². The van der Waals surface area contributed by atoms with Gasteiger partial charge in [0, 0.05) is 24.1 Å². The summed E-state index contributed by atoms with van der Waals surface area (Å²) >= 11 is 0. The van der Waals surface area contributed by atoms with Gasteiger partial charge in [-0.25, -0.2) is 0 Å². The van der Waals surface area contributed by atoms with E-state index in [0.717, 1.165) is 41.2 Å². The number of ether oxygens (including phenoxy) is 2. The topological polar surface area (TPSA) is 44.5 Å². The Balaban J connectivity index is 2.09. The lowest BCUT2D eigenvalue weighted by Crippen LogP contribution is -2.06. The SMILES string of the molecule is CC(C)Oc1ccccc1-c1cc(CN)c2c(c1)CCO2. The Bertz CT molecular complexity index is 650. The molecular weight excluding hydrogens is 262 g/mol. The smallest absolute Gasteiger partial charge is 0.127 e. The maximum absolute atomic E-state index is 5.93. The van der Waals surface area contributed by atoms with Crippen LogP contribution in [0.2, 0.25) is 0 Å². The van der Waals surface area contributed by atoms with E-state index in [2.05, 4.69) is 18.2 Å². The van der Waals surface area contributed by atoms with Crippen LogP contribution in [0.15, 0.2) is 36.4 Å². The zero-order valence-electron chi connectivity index (χ0n) is 12.6. The van der Waals surface area contributed by atoms with Crippen LogP contribution < -0.4 is 15.2 Å². The molecule has 0 spiro atoms. The predicted molar refractivity (Wildman–Crippen MR) is 84.7 cm³/mol. The van der Waals surface area contributed by atoms with Gasteiger partial charge in [-0.1, -0.05) is 18.2 Å². The van der Waals surface area contributed by atoms with Crippen molar-refractivity contribution in [1.29, 1.82) is 0 Å². The summed E-state index contributed by atoms with van der Waals surface area (Å²) in [6.07, 6.45) is 1.10. The standard InChI is InChI=1S/C18H21NO2/c1-12(2)21-17-6-4-3-5-16(17)14-9-13-7-8-20-18(13)15(10-14)11-19/h3-6,9-10,12H,7-8,11,19H2,1-2H3. The third-order valence-electron chi connectivity index (χ3n) is 3.64. The van der Waals surface area contributed by atoms with Crippen molar-refractivity contribution in [2.75, 3.05) is 6.61 Å². The summed E-state index contributed by atoms with van der Waals surface area (Å²) in [4.78, 5) is 0. The van der Waals surface area contributed by atoms with Crippen LogP contribution >= 0.6 is 0 Å². The molecule has 1 aliphatic rings. The van der Waals surface area contributed by atoms with E-state index in [9.17, 15) is 0 Å². The van der Waals surface area contributed by atoms with Gasteiger partial charge in [-0.3, -0.25) is 0 Å². The van der Waals surface area contributed by atoms with E-state index in [1.807, 2.05) is 32.0 Å². The number of benzene rings is 2. The van der Waals surface area contributed by atoms with Crippen LogP contribution in [0, 0.1) is 0 Å². The molecule has 3 heteroatoms. The Morgan fingerprint density at radius 3 is 2.81 bits per heavy atom. The van der Waals surface area contributed by atoms with Gasteiger partial charge < -0.3 is 15.2 Å². The van der Waals surface area contributed by atoms with Gasteiger partial charge >= 0.3 is 0 Å². The first-order valence-electron chi connectivity index (χ1n) is 7.43. The third kappa shape index (κ3) is 2.74. The summed E-state index contributed by atoms with van der Waals surface area (Å²) in [5.41, 5.74) is 10.4. The molecule has 0 saturated heterocycles. The number of fused-ring (bicyclic) bond motifs is 1. The molecule has 0 bridgehead atoms. The van der Waals surface area contributed by atoms with Gasteiger partial charge in [-0.05, 0) is 43.2 Å². The van der Waals surface area contributed by atoms with Gasteiger partial charge in [0.05, 0.1) is 12.7 Å². The quantitative estimate of drug-likeness (QED) is 0.933. The number of hydrogen-bond acceptors (Lipinski definition) is 3. The molecule has 0 amide bonds. The maximum Gasteiger partial charge on any atom is 0.127 e. The van der Waals surface area contributed by atoms with Crippen LogP contribution in [0.1, 0.15) is 25.0 Å². The molecule has 3 rings (SSSR count). The van der Waals surface area contributed by atoms with Crippen molar-refractivity contribution in [1.82, 2.24) is 0 Å². The minimum absolute atomic E-state index is 0.151. The fourth-order valence-corrected chi connectivity index (χ4v) is 2.76. The molecule has 110 valence electrons. The summed E-state index contributed by atoms with van der Waals surface area (Å²) in [7, 11) is 0. The van der Waals surface area contributed by atoms with Crippen molar-refractivity contribution in [2.24, 2.45) is 5.73 Å². The molecule has 0 aromatic heterocycles. The molecule has 0 saturated carbocycles. The molecule has 2 aromatic rings. The average molecular weight is 283 g/mol. The zero-order valence-corrected chi connectivity index (χ0v) is 12.6. The van der Waals surface area contributed by atoms with Crippen LogP contribution in [0.25, 0.3) is 11.1 Å². The predicted octanol–water partition coefficient (Wildman–Crippen LogP) is 3.53. The van der Waals surface area contributed by atoms with Crippen LogP contribution in [0.3, 0.4) is 0 Å². The molecule has 2 aromatic carbocycles.